The Labute approximate surface area is 125 Å². The van der Waals surface area contributed by atoms with Crippen molar-refractivity contribution in [3.8, 4) is 0 Å². The summed E-state index contributed by atoms with van der Waals surface area (Å²) in [6.45, 7) is 8.04. The maximum atomic E-state index is 12.4. The Kier molecular flexibility index (Phi) is 3.31. The number of fused-ring (bicyclic) bond motifs is 2. The van der Waals surface area contributed by atoms with Gasteiger partial charge in [0.1, 0.15) is 11.3 Å². The zero-order valence-electron chi connectivity index (χ0n) is 13.1. The van der Waals surface area contributed by atoms with Crippen molar-refractivity contribution in [1.29, 1.82) is 0 Å². The van der Waals surface area contributed by atoms with Crippen molar-refractivity contribution in [2.24, 2.45) is 5.92 Å². The highest BCUT2D eigenvalue weighted by Crippen LogP contribution is 2.47. The number of hydrogen-bond acceptors (Lipinski definition) is 3. The van der Waals surface area contributed by atoms with Gasteiger partial charge in [-0.05, 0) is 23.0 Å². The summed E-state index contributed by atoms with van der Waals surface area (Å²) < 4.78 is 11.4. The second kappa shape index (κ2) is 4.90. The van der Waals surface area contributed by atoms with Crippen molar-refractivity contribution in [2.45, 2.75) is 52.2 Å². The van der Waals surface area contributed by atoms with Crippen LogP contribution in [-0.2, 0) is 14.3 Å². The summed E-state index contributed by atoms with van der Waals surface area (Å²) in [5.41, 5.74) is 2.83. The first-order valence-electron chi connectivity index (χ1n) is 7.67. The second-order valence-electron chi connectivity index (χ2n) is 6.47. The number of ether oxygens (including phenoxy) is 2. The van der Waals surface area contributed by atoms with Gasteiger partial charge in [-0.2, -0.15) is 0 Å². The van der Waals surface area contributed by atoms with E-state index in [1.54, 1.807) is 13.8 Å². The standard InChI is InChI=1S/C18H22O3/c1-5-11(2)14-10-15-16(13-9-7-6-8-12(13)14)17(19)21-18(3,4)20-15/h6-9,11,14H,5,10H2,1-4H3. The molecule has 3 nitrogen and oxygen atoms in total. The van der Waals surface area contributed by atoms with Gasteiger partial charge in [-0.3, -0.25) is 0 Å². The third kappa shape index (κ3) is 2.35. The first-order chi connectivity index (χ1) is 9.93. The van der Waals surface area contributed by atoms with Gasteiger partial charge in [0, 0.05) is 20.3 Å². The SMILES string of the molecule is CCC(C)C1CC2=C(C(=O)OC(C)(C)O2)c2ccccc21. The van der Waals surface area contributed by atoms with Crippen LogP contribution >= 0.6 is 0 Å². The van der Waals surface area contributed by atoms with Crippen molar-refractivity contribution in [1.82, 2.24) is 0 Å². The first kappa shape index (κ1) is 14.2. The lowest BCUT2D eigenvalue weighted by molar-refractivity contribution is -0.204. The van der Waals surface area contributed by atoms with Gasteiger partial charge in [-0.25, -0.2) is 4.79 Å². The quantitative estimate of drug-likeness (QED) is 0.763. The van der Waals surface area contributed by atoms with E-state index in [9.17, 15) is 4.79 Å². The zero-order valence-corrected chi connectivity index (χ0v) is 13.1. The fourth-order valence-corrected chi connectivity index (χ4v) is 3.31. The van der Waals surface area contributed by atoms with Crippen LogP contribution < -0.4 is 0 Å². The van der Waals surface area contributed by atoms with E-state index in [-0.39, 0.29) is 5.97 Å². The Balaban J connectivity index is 2.13. The maximum Gasteiger partial charge on any atom is 0.345 e. The monoisotopic (exact) mass is 286 g/mol. The third-order valence-electron chi connectivity index (χ3n) is 4.56. The van der Waals surface area contributed by atoms with E-state index in [1.165, 1.54) is 5.56 Å². The number of esters is 1. The lowest BCUT2D eigenvalue weighted by Gasteiger charge is -2.39. The topological polar surface area (TPSA) is 35.5 Å². The highest BCUT2D eigenvalue weighted by atomic mass is 16.7. The summed E-state index contributed by atoms with van der Waals surface area (Å²) in [7, 11) is 0. The number of carbonyl (C=O) groups excluding carboxylic acids is 1. The minimum Gasteiger partial charge on any atom is -0.456 e. The second-order valence-corrected chi connectivity index (χ2v) is 6.47. The summed E-state index contributed by atoms with van der Waals surface area (Å²) >= 11 is 0. The van der Waals surface area contributed by atoms with Crippen LogP contribution in [0.2, 0.25) is 0 Å². The molecule has 3 rings (SSSR count). The molecule has 112 valence electrons. The van der Waals surface area contributed by atoms with E-state index in [1.807, 2.05) is 18.2 Å². The molecule has 2 atom stereocenters. The summed E-state index contributed by atoms with van der Waals surface area (Å²) in [4.78, 5) is 12.4. The number of benzene rings is 1. The van der Waals surface area contributed by atoms with Gasteiger partial charge >= 0.3 is 5.97 Å². The van der Waals surface area contributed by atoms with Crippen LogP contribution in [0.3, 0.4) is 0 Å². The molecular weight excluding hydrogens is 264 g/mol. The zero-order chi connectivity index (χ0) is 15.2. The highest BCUT2D eigenvalue weighted by molar-refractivity contribution is 6.18. The van der Waals surface area contributed by atoms with Crippen molar-refractivity contribution >= 4 is 11.5 Å². The van der Waals surface area contributed by atoms with Gasteiger partial charge in [0.2, 0.25) is 5.79 Å². The van der Waals surface area contributed by atoms with Crippen molar-refractivity contribution in [3.05, 3.63) is 41.2 Å². The van der Waals surface area contributed by atoms with Crippen LogP contribution in [0.1, 0.15) is 57.6 Å². The number of carbonyl (C=O) groups is 1. The molecule has 0 fully saturated rings. The summed E-state index contributed by atoms with van der Waals surface area (Å²) in [6.07, 6.45) is 1.88. The molecule has 2 unspecified atom stereocenters. The summed E-state index contributed by atoms with van der Waals surface area (Å²) in [5.74, 6) is 0.593. The summed E-state index contributed by atoms with van der Waals surface area (Å²) in [6, 6.07) is 8.14. The minimum atomic E-state index is -0.873. The predicted molar refractivity (Wildman–Crippen MR) is 81.4 cm³/mol. The largest absolute Gasteiger partial charge is 0.456 e. The lowest BCUT2D eigenvalue weighted by Crippen LogP contribution is -2.38. The highest BCUT2D eigenvalue weighted by Gasteiger charge is 2.41. The number of hydrogen-bond donors (Lipinski definition) is 0. The Hall–Kier alpha value is -1.77. The molecule has 1 aliphatic carbocycles. The lowest BCUT2D eigenvalue weighted by atomic mass is 9.75. The average Bonchev–Trinajstić information content (AvgIpc) is 2.43. The number of rotatable bonds is 2. The molecule has 1 heterocycles. The van der Waals surface area contributed by atoms with Crippen LogP contribution in [0.15, 0.2) is 30.0 Å². The molecule has 2 aliphatic rings. The molecule has 0 spiro atoms. The fourth-order valence-electron chi connectivity index (χ4n) is 3.31. The van der Waals surface area contributed by atoms with Crippen LogP contribution in [0.4, 0.5) is 0 Å². The van der Waals surface area contributed by atoms with Crippen LogP contribution in [0, 0.1) is 5.92 Å². The predicted octanol–water partition coefficient (Wildman–Crippen LogP) is 4.24. The molecule has 0 saturated carbocycles. The van der Waals surface area contributed by atoms with Gasteiger partial charge < -0.3 is 9.47 Å². The van der Waals surface area contributed by atoms with E-state index >= 15 is 0 Å². The fraction of sp³-hybridized carbons (Fsp3) is 0.500. The van der Waals surface area contributed by atoms with Gasteiger partial charge in [-0.1, -0.05) is 44.5 Å². The molecule has 1 aliphatic heterocycles. The molecule has 0 radical (unpaired) electrons. The van der Waals surface area contributed by atoms with Crippen LogP contribution in [0.5, 0.6) is 0 Å². The van der Waals surface area contributed by atoms with Crippen molar-refractivity contribution < 1.29 is 14.3 Å². The van der Waals surface area contributed by atoms with Crippen LogP contribution in [0.25, 0.3) is 5.57 Å². The number of cyclic esters (lactones) is 1. The molecule has 0 amide bonds. The van der Waals surface area contributed by atoms with Gasteiger partial charge in [0.05, 0.1) is 0 Å². The molecule has 0 bridgehead atoms. The Morgan fingerprint density at radius 3 is 2.71 bits per heavy atom. The summed E-state index contributed by atoms with van der Waals surface area (Å²) in [5, 5.41) is 0. The minimum absolute atomic E-state index is 0.267. The maximum absolute atomic E-state index is 12.4. The Morgan fingerprint density at radius 1 is 1.29 bits per heavy atom. The van der Waals surface area contributed by atoms with Gasteiger partial charge in [0.15, 0.2) is 0 Å². The van der Waals surface area contributed by atoms with E-state index < -0.39 is 5.79 Å². The molecular formula is C18H22O3. The normalized spacial score (nSPS) is 24.6. The smallest absolute Gasteiger partial charge is 0.345 e. The third-order valence-corrected chi connectivity index (χ3v) is 4.56. The van der Waals surface area contributed by atoms with Crippen molar-refractivity contribution in [2.75, 3.05) is 0 Å². The van der Waals surface area contributed by atoms with E-state index in [0.29, 0.717) is 17.4 Å². The molecule has 0 N–H and O–H groups in total. The van der Waals surface area contributed by atoms with E-state index in [2.05, 4.69) is 19.9 Å². The first-order valence-corrected chi connectivity index (χ1v) is 7.67. The molecule has 0 aromatic heterocycles. The van der Waals surface area contributed by atoms with Crippen molar-refractivity contribution in [3.63, 3.8) is 0 Å². The van der Waals surface area contributed by atoms with Crippen LogP contribution in [-0.4, -0.2) is 11.8 Å². The molecule has 1 aromatic carbocycles. The Morgan fingerprint density at radius 2 is 2.00 bits per heavy atom. The molecule has 1 aromatic rings. The molecule has 0 saturated heterocycles. The van der Waals surface area contributed by atoms with E-state index in [4.69, 9.17) is 9.47 Å². The van der Waals surface area contributed by atoms with Gasteiger partial charge in [-0.15, -0.1) is 0 Å². The number of allylic oxidation sites excluding steroid dienone is 1. The molecule has 21 heavy (non-hydrogen) atoms. The Bertz CT molecular complexity index is 613. The molecule has 3 heteroatoms. The van der Waals surface area contributed by atoms with E-state index in [0.717, 1.165) is 24.2 Å². The van der Waals surface area contributed by atoms with Gasteiger partial charge in [0.25, 0.3) is 0 Å². The average molecular weight is 286 g/mol.